The fraction of sp³-hybridized carbons (Fsp3) is 0.217. The lowest BCUT2D eigenvalue weighted by atomic mass is 10.0. The topological polar surface area (TPSA) is 77.1 Å². The lowest BCUT2D eigenvalue weighted by Crippen LogP contribution is -2.31. The van der Waals surface area contributed by atoms with Gasteiger partial charge in [0.15, 0.2) is 0 Å². The van der Waals surface area contributed by atoms with Crippen LogP contribution in [0.3, 0.4) is 0 Å². The van der Waals surface area contributed by atoms with Crippen LogP contribution in [0.5, 0.6) is 0 Å². The van der Waals surface area contributed by atoms with Gasteiger partial charge in [-0.15, -0.1) is 0 Å². The lowest BCUT2D eigenvalue weighted by Gasteiger charge is -2.28. The maximum Gasteiger partial charge on any atom is 0.311 e. The van der Waals surface area contributed by atoms with Crippen molar-refractivity contribution in [2.24, 2.45) is 0 Å². The summed E-state index contributed by atoms with van der Waals surface area (Å²) in [6.45, 7) is 2.12. The average Bonchev–Trinajstić information content (AvgIpc) is 3.27. The Kier molecular flexibility index (Phi) is 5.85. The molecule has 3 aromatic rings. The van der Waals surface area contributed by atoms with E-state index in [9.17, 15) is 10.1 Å². The summed E-state index contributed by atoms with van der Waals surface area (Å²) in [5.41, 5.74) is 3.44. The Morgan fingerprint density at radius 1 is 1.13 bits per heavy atom. The van der Waals surface area contributed by atoms with E-state index >= 15 is 0 Å². The van der Waals surface area contributed by atoms with Gasteiger partial charge in [-0.05, 0) is 48.7 Å². The molecular formula is C23H21N5O2. The average molecular weight is 399 g/mol. The zero-order valence-corrected chi connectivity index (χ0v) is 16.4. The van der Waals surface area contributed by atoms with E-state index in [-0.39, 0.29) is 10.6 Å². The van der Waals surface area contributed by atoms with Crippen molar-refractivity contribution in [3.05, 3.63) is 93.9 Å². The predicted molar refractivity (Wildman–Crippen MR) is 115 cm³/mol. The second-order valence-electron chi connectivity index (χ2n) is 7.07. The molecule has 4 rings (SSSR count). The van der Waals surface area contributed by atoms with Gasteiger partial charge in [0.1, 0.15) is 0 Å². The Bertz CT molecular complexity index is 1120. The van der Waals surface area contributed by atoms with E-state index in [4.69, 9.17) is 0 Å². The number of pyridine rings is 1. The first-order valence-electron chi connectivity index (χ1n) is 9.79. The first-order valence-corrected chi connectivity index (χ1v) is 9.79. The van der Waals surface area contributed by atoms with Crippen LogP contribution < -0.4 is 4.90 Å². The third-order valence-corrected chi connectivity index (χ3v) is 4.99. The van der Waals surface area contributed by atoms with E-state index < -0.39 is 0 Å². The number of nitro groups is 1. The Hall–Kier alpha value is -3.92. The highest BCUT2D eigenvalue weighted by Gasteiger charge is 2.23. The summed E-state index contributed by atoms with van der Waals surface area (Å²) in [6, 6.07) is 13.2. The molecule has 1 saturated heterocycles. The molecule has 1 aromatic carbocycles. The van der Waals surface area contributed by atoms with Crippen LogP contribution in [0, 0.1) is 22.0 Å². The molecule has 0 amide bonds. The van der Waals surface area contributed by atoms with Crippen molar-refractivity contribution < 1.29 is 4.92 Å². The Morgan fingerprint density at radius 2 is 2.00 bits per heavy atom. The van der Waals surface area contributed by atoms with Gasteiger partial charge in [0, 0.05) is 43.3 Å². The largest absolute Gasteiger partial charge is 0.350 e. The number of allylic oxidation sites excluding steroid dienone is 1. The molecule has 2 aromatic heterocycles. The number of hydrogen-bond acceptors (Lipinski definition) is 5. The maximum absolute atomic E-state index is 11.2. The van der Waals surface area contributed by atoms with Crippen LogP contribution in [0.2, 0.25) is 0 Å². The highest BCUT2D eigenvalue weighted by atomic mass is 16.6. The molecule has 0 atom stereocenters. The van der Waals surface area contributed by atoms with Crippen LogP contribution in [0.15, 0.2) is 72.7 Å². The number of nitrogens with zero attached hydrogens (tertiary/aromatic N) is 5. The van der Waals surface area contributed by atoms with Gasteiger partial charge in [0.25, 0.3) is 0 Å². The number of anilines is 1. The Labute approximate surface area is 174 Å². The van der Waals surface area contributed by atoms with E-state index in [1.807, 2.05) is 40.1 Å². The van der Waals surface area contributed by atoms with Crippen molar-refractivity contribution in [2.45, 2.75) is 19.4 Å². The number of hydrogen-bond donors (Lipinski definition) is 0. The highest BCUT2D eigenvalue weighted by Crippen LogP contribution is 2.28. The Morgan fingerprint density at radius 3 is 2.77 bits per heavy atom. The van der Waals surface area contributed by atoms with Gasteiger partial charge in [-0.25, -0.2) is 4.98 Å². The van der Waals surface area contributed by atoms with Crippen LogP contribution in [0.25, 0.3) is 0 Å². The predicted octanol–water partition coefficient (Wildman–Crippen LogP) is 3.81. The molecule has 7 nitrogen and oxygen atoms in total. The van der Waals surface area contributed by atoms with Gasteiger partial charge in [0.2, 0.25) is 5.82 Å². The molecule has 1 fully saturated rings. The quantitative estimate of drug-likeness (QED) is 0.379. The molecule has 30 heavy (non-hydrogen) atoms. The fourth-order valence-corrected chi connectivity index (χ4v) is 3.47. The molecule has 0 radical (unpaired) electrons. The number of rotatable bonds is 4. The van der Waals surface area contributed by atoms with E-state index in [0.717, 1.165) is 30.5 Å². The third-order valence-electron chi connectivity index (χ3n) is 4.99. The normalized spacial score (nSPS) is 13.5. The molecule has 1 aliphatic rings. The molecule has 0 bridgehead atoms. The fourth-order valence-electron chi connectivity index (χ4n) is 3.47. The number of piperidine rings is 1. The standard InChI is InChI=1S/C23H21N5O2/c29-28(30)22-9-3-12-24-23(22)26-15-10-19(11-16-26)5-1-6-20-7-2-8-21(17-20)18-27-14-4-13-25-27/h2-5,7-9,12-14,17H,10-11,15-16,18H2. The van der Waals surface area contributed by atoms with Crippen LogP contribution in [-0.4, -0.2) is 32.8 Å². The number of benzene rings is 1. The van der Waals surface area contributed by atoms with Gasteiger partial charge in [0.05, 0.1) is 11.5 Å². The van der Waals surface area contributed by atoms with Crippen LogP contribution >= 0.6 is 0 Å². The minimum Gasteiger partial charge on any atom is -0.350 e. The van der Waals surface area contributed by atoms with E-state index in [0.29, 0.717) is 18.9 Å². The Balaban J connectivity index is 1.38. The second kappa shape index (κ2) is 9.05. The number of aromatic nitrogens is 3. The first-order chi connectivity index (χ1) is 14.7. The van der Waals surface area contributed by atoms with Crippen molar-refractivity contribution in [1.82, 2.24) is 14.8 Å². The van der Waals surface area contributed by atoms with Gasteiger partial charge in [-0.2, -0.15) is 5.10 Å². The summed E-state index contributed by atoms with van der Waals surface area (Å²) in [6.07, 6.45) is 8.93. The van der Waals surface area contributed by atoms with Crippen molar-refractivity contribution >= 4 is 11.5 Å². The minimum atomic E-state index is -0.375. The van der Waals surface area contributed by atoms with E-state index in [2.05, 4.69) is 34.1 Å². The van der Waals surface area contributed by atoms with Crippen LogP contribution in [0.4, 0.5) is 11.5 Å². The minimum absolute atomic E-state index is 0.0553. The molecule has 3 heterocycles. The third kappa shape index (κ3) is 4.73. The van der Waals surface area contributed by atoms with Crippen molar-refractivity contribution in [3.63, 3.8) is 0 Å². The van der Waals surface area contributed by atoms with Crippen molar-refractivity contribution in [3.8, 4) is 11.8 Å². The summed E-state index contributed by atoms with van der Waals surface area (Å²) in [5, 5.41) is 15.5. The van der Waals surface area contributed by atoms with Gasteiger partial charge in [-0.3, -0.25) is 14.8 Å². The lowest BCUT2D eigenvalue weighted by molar-refractivity contribution is -0.384. The molecule has 0 spiro atoms. The van der Waals surface area contributed by atoms with Gasteiger partial charge >= 0.3 is 5.69 Å². The van der Waals surface area contributed by atoms with Crippen LogP contribution in [0.1, 0.15) is 24.0 Å². The smallest absolute Gasteiger partial charge is 0.311 e. The molecule has 1 aliphatic heterocycles. The molecule has 0 aliphatic carbocycles. The summed E-state index contributed by atoms with van der Waals surface area (Å²) in [5.74, 6) is 6.82. The molecule has 7 heteroatoms. The SMILES string of the molecule is O=[N+]([O-])c1cccnc1N1CCC(=CC#Cc2cccc(Cn3cccn3)c2)CC1. The first kappa shape index (κ1) is 19.4. The summed E-state index contributed by atoms with van der Waals surface area (Å²) >= 11 is 0. The summed E-state index contributed by atoms with van der Waals surface area (Å²) in [7, 11) is 0. The molecule has 150 valence electrons. The second-order valence-corrected chi connectivity index (χ2v) is 7.07. The van der Waals surface area contributed by atoms with E-state index in [1.165, 1.54) is 11.6 Å². The zero-order valence-electron chi connectivity index (χ0n) is 16.4. The molecule has 0 saturated carbocycles. The molecular weight excluding hydrogens is 378 g/mol. The van der Waals surface area contributed by atoms with E-state index in [1.54, 1.807) is 18.5 Å². The van der Waals surface area contributed by atoms with Crippen molar-refractivity contribution in [1.29, 1.82) is 0 Å². The maximum atomic E-state index is 11.2. The van der Waals surface area contributed by atoms with Gasteiger partial charge in [-0.1, -0.05) is 29.5 Å². The monoisotopic (exact) mass is 399 g/mol. The molecule has 0 unspecified atom stereocenters. The van der Waals surface area contributed by atoms with Gasteiger partial charge < -0.3 is 4.90 Å². The molecule has 0 N–H and O–H groups in total. The zero-order chi connectivity index (χ0) is 20.8. The van der Waals surface area contributed by atoms with Crippen LogP contribution in [-0.2, 0) is 6.54 Å². The highest BCUT2D eigenvalue weighted by molar-refractivity contribution is 5.58. The summed E-state index contributed by atoms with van der Waals surface area (Å²) < 4.78 is 1.88. The van der Waals surface area contributed by atoms with Crippen molar-refractivity contribution in [2.75, 3.05) is 18.0 Å². The summed E-state index contributed by atoms with van der Waals surface area (Å²) in [4.78, 5) is 17.0.